The lowest BCUT2D eigenvalue weighted by Gasteiger charge is -2.33. The normalized spacial score (nSPS) is 16.8. The number of nitrogens with zero attached hydrogens (tertiary/aromatic N) is 1. The molecule has 0 saturated carbocycles. The molecule has 0 spiro atoms. The van der Waals surface area contributed by atoms with E-state index in [4.69, 9.17) is 0 Å². The molecular weight excluding hydrogens is 390 g/mol. The zero-order valence-corrected chi connectivity index (χ0v) is 19.4. The summed E-state index contributed by atoms with van der Waals surface area (Å²) in [6.45, 7) is 9.39. The number of piperidine rings is 1. The van der Waals surface area contributed by atoms with Crippen molar-refractivity contribution in [1.29, 1.82) is 0 Å². The minimum atomic E-state index is -0.655. The number of hydrogen-bond acceptors (Lipinski definition) is 3. The monoisotopic (exact) mass is 428 g/mol. The highest BCUT2D eigenvalue weighted by atomic mass is 16.2. The summed E-state index contributed by atoms with van der Waals surface area (Å²) >= 11 is 0. The fourth-order valence-corrected chi connectivity index (χ4v) is 4.11. The van der Waals surface area contributed by atoms with Gasteiger partial charge in [0.1, 0.15) is 6.04 Å². The van der Waals surface area contributed by atoms with E-state index >= 15 is 0 Å². The second kappa shape index (κ2) is 12.5. The Labute approximate surface area is 187 Å². The molecule has 2 rings (SSSR count). The SMILES string of the molecule is CC(C)C[C@@H]([C]=O)NC(=O)[C@H](CC(C)C)NC(=O)N1CCC(Cc2ccccc2)CC1. The molecule has 0 aromatic heterocycles. The highest BCUT2D eigenvalue weighted by Crippen LogP contribution is 2.22. The second-order valence-corrected chi connectivity index (χ2v) is 9.56. The van der Waals surface area contributed by atoms with Gasteiger partial charge in [-0.1, -0.05) is 58.0 Å². The van der Waals surface area contributed by atoms with Crippen LogP contribution in [-0.2, 0) is 16.0 Å². The highest BCUT2D eigenvalue weighted by Gasteiger charge is 2.28. The lowest BCUT2D eigenvalue weighted by Crippen LogP contribution is -2.54. The summed E-state index contributed by atoms with van der Waals surface area (Å²) in [5.74, 6) is 0.759. The van der Waals surface area contributed by atoms with Gasteiger partial charge < -0.3 is 15.5 Å². The van der Waals surface area contributed by atoms with Crippen LogP contribution in [0.4, 0.5) is 4.79 Å². The standard InChI is InChI=1S/C25H38N3O3/c1-18(2)14-22(17-29)26-24(30)23(15-19(3)4)27-25(31)28-12-10-21(11-13-28)16-20-8-6-5-7-9-20/h5-9,18-19,21-23H,10-16H2,1-4H3,(H,26,30)(H,27,31)/t22-,23-/m0/s1. The van der Waals surface area contributed by atoms with Gasteiger partial charge in [0.2, 0.25) is 12.2 Å². The smallest absolute Gasteiger partial charge is 0.318 e. The average molecular weight is 429 g/mol. The van der Waals surface area contributed by atoms with Gasteiger partial charge in [0.15, 0.2) is 0 Å². The molecule has 6 nitrogen and oxygen atoms in total. The largest absolute Gasteiger partial charge is 0.344 e. The van der Waals surface area contributed by atoms with E-state index in [0.717, 1.165) is 19.3 Å². The number of carbonyl (C=O) groups excluding carboxylic acids is 3. The first-order valence-corrected chi connectivity index (χ1v) is 11.6. The van der Waals surface area contributed by atoms with Crippen molar-refractivity contribution in [1.82, 2.24) is 15.5 Å². The molecule has 1 radical (unpaired) electrons. The number of benzene rings is 1. The summed E-state index contributed by atoms with van der Waals surface area (Å²) in [5, 5.41) is 5.66. The molecule has 31 heavy (non-hydrogen) atoms. The number of rotatable bonds is 10. The zero-order valence-electron chi connectivity index (χ0n) is 19.4. The Morgan fingerprint density at radius 1 is 1.00 bits per heavy atom. The van der Waals surface area contributed by atoms with Gasteiger partial charge in [-0.25, -0.2) is 4.79 Å². The third-order valence-corrected chi connectivity index (χ3v) is 5.76. The summed E-state index contributed by atoms with van der Waals surface area (Å²) in [7, 11) is 0. The molecule has 1 aromatic rings. The molecule has 2 N–H and O–H groups in total. The molecule has 1 aromatic carbocycles. The third kappa shape index (κ3) is 8.72. The lowest BCUT2D eigenvalue weighted by atomic mass is 9.90. The van der Waals surface area contributed by atoms with Crippen LogP contribution in [0.25, 0.3) is 0 Å². The van der Waals surface area contributed by atoms with E-state index in [0.29, 0.717) is 31.8 Å². The number of carbonyl (C=O) groups is 2. The predicted molar refractivity (Wildman–Crippen MR) is 123 cm³/mol. The van der Waals surface area contributed by atoms with Crippen molar-refractivity contribution in [2.75, 3.05) is 13.1 Å². The summed E-state index contributed by atoms with van der Waals surface area (Å²) < 4.78 is 0. The van der Waals surface area contributed by atoms with Crippen LogP contribution < -0.4 is 10.6 Å². The molecule has 0 unspecified atom stereocenters. The van der Waals surface area contributed by atoms with Crippen LogP contribution in [0, 0.1) is 17.8 Å². The fraction of sp³-hybridized carbons (Fsp3) is 0.640. The quantitative estimate of drug-likeness (QED) is 0.596. The van der Waals surface area contributed by atoms with E-state index in [-0.39, 0.29) is 23.8 Å². The van der Waals surface area contributed by atoms with Crippen molar-refractivity contribution in [2.24, 2.45) is 17.8 Å². The highest BCUT2D eigenvalue weighted by molar-refractivity contribution is 5.88. The zero-order chi connectivity index (χ0) is 22.8. The fourth-order valence-electron chi connectivity index (χ4n) is 4.11. The first-order chi connectivity index (χ1) is 14.8. The van der Waals surface area contributed by atoms with Crippen LogP contribution in [0.3, 0.4) is 0 Å². The molecule has 1 saturated heterocycles. The van der Waals surface area contributed by atoms with Crippen LogP contribution in [0.5, 0.6) is 0 Å². The molecule has 2 atom stereocenters. The van der Waals surface area contributed by atoms with Gasteiger partial charge in [-0.3, -0.25) is 9.59 Å². The van der Waals surface area contributed by atoms with Gasteiger partial charge in [0.25, 0.3) is 0 Å². The average Bonchev–Trinajstić information content (AvgIpc) is 2.73. The summed E-state index contributed by atoms with van der Waals surface area (Å²) in [6.07, 6.45) is 5.92. The van der Waals surface area contributed by atoms with E-state index in [1.807, 2.05) is 40.0 Å². The predicted octanol–water partition coefficient (Wildman–Crippen LogP) is 3.71. The Kier molecular flexibility index (Phi) is 10.0. The van der Waals surface area contributed by atoms with Gasteiger partial charge >= 0.3 is 6.03 Å². The van der Waals surface area contributed by atoms with E-state index in [1.54, 1.807) is 4.90 Å². The van der Waals surface area contributed by atoms with Crippen LogP contribution in [0.15, 0.2) is 30.3 Å². The molecule has 1 aliphatic heterocycles. The first kappa shape index (κ1) is 24.9. The molecule has 0 bridgehead atoms. The second-order valence-electron chi connectivity index (χ2n) is 9.56. The molecular formula is C25H38N3O3. The van der Waals surface area contributed by atoms with Gasteiger partial charge in [0.05, 0.1) is 6.04 Å². The summed E-state index contributed by atoms with van der Waals surface area (Å²) in [5.41, 5.74) is 1.34. The van der Waals surface area contributed by atoms with Gasteiger partial charge in [-0.15, -0.1) is 0 Å². The summed E-state index contributed by atoms with van der Waals surface area (Å²) in [4.78, 5) is 38.7. The molecule has 0 aliphatic carbocycles. The molecule has 6 heteroatoms. The van der Waals surface area contributed by atoms with Crippen molar-refractivity contribution >= 4 is 18.2 Å². The first-order valence-electron chi connectivity index (χ1n) is 11.6. The molecule has 3 amide bonds. The van der Waals surface area contributed by atoms with Crippen LogP contribution in [0.2, 0.25) is 0 Å². The Balaban J connectivity index is 1.88. The number of amides is 3. The molecule has 1 fully saturated rings. The van der Waals surface area contributed by atoms with Gasteiger partial charge in [0, 0.05) is 13.1 Å². The Morgan fingerprint density at radius 2 is 1.61 bits per heavy atom. The number of nitrogens with one attached hydrogen (secondary N) is 2. The van der Waals surface area contributed by atoms with Crippen LogP contribution in [-0.4, -0.2) is 48.3 Å². The van der Waals surface area contributed by atoms with E-state index in [9.17, 15) is 14.4 Å². The van der Waals surface area contributed by atoms with Crippen LogP contribution in [0.1, 0.15) is 58.9 Å². The van der Waals surface area contributed by atoms with Crippen molar-refractivity contribution in [2.45, 2.75) is 71.9 Å². The van der Waals surface area contributed by atoms with E-state index < -0.39 is 12.1 Å². The van der Waals surface area contributed by atoms with E-state index in [1.165, 1.54) is 5.56 Å². The maximum atomic E-state index is 12.8. The van der Waals surface area contributed by atoms with Crippen molar-refractivity contribution < 1.29 is 14.4 Å². The van der Waals surface area contributed by atoms with Crippen molar-refractivity contribution in [3.05, 3.63) is 35.9 Å². The number of likely N-dealkylation sites (tertiary alicyclic amines) is 1. The Morgan fingerprint density at radius 3 is 2.16 bits per heavy atom. The maximum absolute atomic E-state index is 12.8. The van der Waals surface area contributed by atoms with Crippen molar-refractivity contribution in [3.63, 3.8) is 0 Å². The minimum Gasteiger partial charge on any atom is -0.344 e. The molecule has 1 aliphatic rings. The minimum absolute atomic E-state index is 0.200. The van der Waals surface area contributed by atoms with Crippen molar-refractivity contribution in [3.8, 4) is 0 Å². The molecule has 1 heterocycles. The third-order valence-electron chi connectivity index (χ3n) is 5.76. The lowest BCUT2D eigenvalue weighted by molar-refractivity contribution is -0.123. The van der Waals surface area contributed by atoms with Crippen LogP contribution >= 0.6 is 0 Å². The maximum Gasteiger partial charge on any atom is 0.318 e. The topological polar surface area (TPSA) is 78.5 Å². The number of urea groups is 1. The van der Waals surface area contributed by atoms with E-state index in [2.05, 4.69) is 34.9 Å². The molecule has 171 valence electrons. The number of hydrogen-bond donors (Lipinski definition) is 2. The summed E-state index contributed by atoms with van der Waals surface area (Å²) in [6, 6.07) is 8.95. The Hall–Kier alpha value is -2.37. The van der Waals surface area contributed by atoms with Gasteiger partial charge in [-0.05, 0) is 55.4 Å². The van der Waals surface area contributed by atoms with Gasteiger partial charge in [-0.2, -0.15) is 0 Å². The Bertz CT molecular complexity index is 697.